The summed E-state index contributed by atoms with van der Waals surface area (Å²) in [5.41, 5.74) is 0. The Morgan fingerprint density at radius 1 is 0.955 bits per heavy atom. The first-order valence-corrected chi connectivity index (χ1v) is 8.57. The van der Waals surface area contributed by atoms with E-state index in [0.717, 1.165) is 19.3 Å². The summed E-state index contributed by atoms with van der Waals surface area (Å²) < 4.78 is 10.6. The average molecular weight is 314 g/mol. The smallest absolute Gasteiger partial charge is 0.311 e. The maximum atomic E-state index is 12.0. The molecule has 0 aliphatic carbocycles. The van der Waals surface area contributed by atoms with Crippen LogP contribution in [0.15, 0.2) is 0 Å². The molecule has 4 nitrogen and oxygen atoms in total. The SMILES string of the molecule is CC[C@@H](CCC(=O)OC(OC(=O)C(C)C)C(C)C)CC(C)C. The minimum absolute atomic E-state index is 0.0516. The first-order valence-electron chi connectivity index (χ1n) is 8.57. The van der Waals surface area contributed by atoms with Crippen LogP contribution in [0.25, 0.3) is 0 Å². The monoisotopic (exact) mass is 314 g/mol. The van der Waals surface area contributed by atoms with Gasteiger partial charge in [0.1, 0.15) is 0 Å². The fourth-order valence-corrected chi connectivity index (χ4v) is 2.21. The van der Waals surface area contributed by atoms with E-state index in [1.807, 2.05) is 13.8 Å². The van der Waals surface area contributed by atoms with Crippen molar-refractivity contribution < 1.29 is 19.1 Å². The molecule has 0 saturated carbocycles. The van der Waals surface area contributed by atoms with Gasteiger partial charge in [-0.2, -0.15) is 0 Å². The van der Waals surface area contributed by atoms with E-state index < -0.39 is 6.29 Å². The molecule has 22 heavy (non-hydrogen) atoms. The third-order valence-electron chi connectivity index (χ3n) is 3.63. The highest BCUT2D eigenvalue weighted by molar-refractivity contribution is 5.72. The first kappa shape index (κ1) is 20.9. The number of ether oxygens (including phenoxy) is 2. The molecule has 2 atom stereocenters. The second-order valence-corrected chi connectivity index (χ2v) is 7.14. The molecular weight excluding hydrogens is 280 g/mol. The van der Waals surface area contributed by atoms with Gasteiger partial charge >= 0.3 is 11.9 Å². The molecule has 0 rings (SSSR count). The molecule has 0 saturated heterocycles. The Morgan fingerprint density at radius 2 is 1.55 bits per heavy atom. The summed E-state index contributed by atoms with van der Waals surface area (Å²) in [4.78, 5) is 23.7. The lowest BCUT2D eigenvalue weighted by Gasteiger charge is -2.23. The highest BCUT2D eigenvalue weighted by Crippen LogP contribution is 2.21. The molecule has 4 heteroatoms. The molecule has 0 aromatic rings. The summed E-state index contributed by atoms with van der Waals surface area (Å²) in [5.74, 6) is 0.287. The molecule has 0 N–H and O–H groups in total. The first-order chi connectivity index (χ1) is 10.2. The zero-order valence-electron chi connectivity index (χ0n) is 15.3. The van der Waals surface area contributed by atoms with Crippen molar-refractivity contribution in [3.8, 4) is 0 Å². The van der Waals surface area contributed by atoms with Gasteiger partial charge < -0.3 is 9.47 Å². The fourth-order valence-electron chi connectivity index (χ4n) is 2.21. The van der Waals surface area contributed by atoms with E-state index in [-0.39, 0.29) is 23.8 Å². The lowest BCUT2D eigenvalue weighted by atomic mass is 9.91. The summed E-state index contributed by atoms with van der Waals surface area (Å²) in [6.07, 6.45) is 2.62. The second kappa shape index (κ2) is 10.6. The summed E-state index contributed by atoms with van der Waals surface area (Å²) in [5, 5.41) is 0. The van der Waals surface area contributed by atoms with Crippen LogP contribution in [0.1, 0.15) is 74.1 Å². The lowest BCUT2D eigenvalue weighted by molar-refractivity contribution is -0.198. The molecule has 0 aliphatic rings. The van der Waals surface area contributed by atoms with Crippen LogP contribution < -0.4 is 0 Å². The van der Waals surface area contributed by atoms with E-state index >= 15 is 0 Å². The van der Waals surface area contributed by atoms with Crippen molar-refractivity contribution in [1.29, 1.82) is 0 Å². The van der Waals surface area contributed by atoms with Gasteiger partial charge in [-0.05, 0) is 24.7 Å². The van der Waals surface area contributed by atoms with Crippen LogP contribution in [0.3, 0.4) is 0 Å². The van der Waals surface area contributed by atoms with Crippen molar-refractivity contribution in [2.45, 2.75) is 80.4 Å². The van der Waals surface area contributed by atoms with E-state index in [1.54, 1.807) is 13.8 Å². The Labute approximate surface area is 135 Å². The van der Waals surface area contributed by atoms with Gasteiger partial charge in [-0.15, -0.1) is 0 Å². The van der Waals surface area contributed by atoms with Crippen molar-refractivity contribution in [2.24, 2.45) is 23.7 Å². The lowest BCUT2D eigenvalue weighted by Crippen LogP contribution is -2.31. The minimum Gasteiger partial charge on any atom is -0.425 e. The standard InChI is InChI=1S/C18H34O4/c1-8-15(11-12(2)3)9-10-16(19)21-18(14(6)7)22-17(20)13(4)5/h12-15,18H,8-11H2,1-7H3/t15-,18?/m0/s1. The number of esters is 2. The molecule has 130 valence electrons. The summed E-state index contributed by atoms with van der Waals surface area (Å²) in [6, 6.07) is 0. The van der Waals surface area contributed by atoms with Gasteiger partial charge in [0.05, 0.1) is 5.92 Å². The Balaban J connectivity index is 4.37. The predicted molar refractivity (Wildman–Crippen MR) is 88.1 cm³/mol. The second-order valence-electron chi connectivity index (χ2n) is 7.14. The van der Waals surface area contributed by atoms with Gasteiger partial charge in [-0.25, -0.2) is 0 Å². The van der Waals surface area contributed by atoms with Crippen LogP contribution >= 0.6 is 0 Å². The molecule has 1 unspecified atom stereocenters. The van der Waals surface area contributed by atoms with E-state index in [4.69, 9.17) is 9.47 Å². The highest BCUT2D eigenvalue weighted by atomic mass is 16.7. The Bertz CT molecular complexity index is 334. The van der Waals surface area contributed by atoms with Crippen molar-refractivity contribution in [3.63, 3.8) is 0 Å². The van der Waals surface area contributed by atoms with E-state index in [9.17, 15) is 9.59 Å². The Morgan fingerprint density at radius 3 is 1.95 bits per heavy atom. The van der Waals surface area contributed by atoms with Crippen LogP contribution in [0, 0.1) is 23.7 Å². The average Bonchev–Trinajstić information content (AvgIpc) is 2.41. The van der Waals surface area contributed by atoms with Gasteiger partial charge in [-0.3, -0.25) is 9.59 Å². The zero-order valence-corrected chi connectivity index (χ0v) is 15.3. The van der Waals surface area contributed by atoms with Gasteiger partial charge in [0, 0.05) is 12.3 Å². The summed E-state index contributed by atoms with van der Waals surface area (Å²) >= 11 is 0. The number of carbonyl (C=O) groups excluding carboxylic acids is 2. The van der Waals surface area contributed by atoms with Crippen LogP contribution in [0.2, 0.25) is 0 Å². The maximum absolute atomic E-state index is 12.0. The van der Waals surface area contributed by atoms with Crippen LogP contribution in [-0.4, -0.2) is 18.2 Å². The highest BCUT2D eigenvalue weighted by Gasteiger charge is 2.24. The normalized spacial score (nSPS) is 14.3. The van der Waals surface area contributed by atoms with Gasteiger partial charge in [0.25, 0.3) is 0 Å². The quantitative estimate of drug-likeness (QED) is 0.438. The molecule has 0 aromatic heterocycles. The van der Waals surface area contributed by atoms with Crippen molar-refractivity contribution in [3.05, 3.63) is 0 Å². The van der Waals surface area contributed by atoms with Crippen molar-refractivity contribution >= 4 is 11.9 Å². The minimum atomic E-state index is -0.785. The molecule has 0 bridgehead atoms. The third-order valence-corrected chi connectivity index (χ3v) is 3.63. The Hall–Kier alpha value is -1.06. The van der Waals surface area contributed by atoms with Crippen LogP contribution in [0.4, 0.5) is 0 Å². The summed E-state index contributed by atoms with van der Waals surface area (Å²) in [6.45, 7) is 13.8. The molecule has 0 heterocycles. The van der Waals surface area contributed by atoms with Crippen LogP contribution in [0.5, 0.6) is 0 Å². The van der Waals surface area contributed by atoms with Gasteiger partial charge in [0.15, 0.2) is 0 Å². The fraction of sp³-hybridized carbons (Fsp3) is 0.889. The Kier molecular flexibility index (Phi) is 10.1. The number of rotatable bonds is 10. The molecule has 0 amide bonds. The van der Waals surface area contributed by atoms with Gasteiger partial charge in [-0.1, -0.05) is 54.9 Å². The molecule has 0 aliphatic heterocycles. The molecule has 0 spiro atoms. The zero-order chi connectivity index (χ0) is 17.3. The number of carbonyl (C=O) groups is 2. The van der Waals surface area contributed by atoms with E-state index in [2.05, 4.69) is 20.8 Å². The molecule has 0 fully saturated rings. The van der Waals surface area contributed by atoms with E-state index in [0.29, 0.717) is 18.3 Å². The van der Waals surface area contributed by atoms with Gasteiger partial charge in [0.2, 0.25) is 6.29 Å². The van der Waals surface area contributed by atoms with Crippen molar-refractivity contribution in [2.75, 3.05) is 0 Å². The van der Waals surface area contributed by atoms with E-state index in [1.165, 1.54) is 0 Å². The van der Waals surface area contributed by atoms with Crippen molar-refractivity contribution in [1.82, 2.24) is 0 Å². The largest absolute Gasteiger partial charge is 0.425 e. The summed E-state index contributed by atoms with van der Waals surface area (Å²) in [7, 11) is 0. The molecule has 0 aromatic carbocycles. The van der Waals surface area contributed by atoms with Crippen LogP contribution in [-0.2, 0) is 19.1 Å². The molecular formula is C18H34O4. The number of hydrogen-bond donors (Lipinski definition) is 0. The number of hydrogen-bond acceptors (Lipinski definition) is 4. The molecule has 0 radical (unpaired) electrons. The maximum Gasteiger partial charge on any atom is 0.311 e. The third kappa shape index (κ3) is 9.06. The topological polar surface area (TPSA) is 52.6 Å². The predicted octanol–water partition coefficient (Wildman–Crippen LogP) is 4.56.